The number of carbonyl (C=O) groups is 3. The molecule has 0 fully saturated rings. The van der Waals surface area contributed by atoms with Gasteiger partial charge in [0.1, 0.15) is 12.7 Å². The highest BCUT2D eigenvalue weighted by atomic mass is 32.2. The van der Waals surface area contributed by atoms with Crippen LogP contribution in [0.25, 0.3) is 0 Å². The molecule has 2 rings (SSSR count). The van der Waals surface area contributed by atoms with Gasteiger partial charge in [-0.05, 0) is 24.1 Å². The Morgan fingerprint density at radius 1 is 1.11 bits per heavy atom. The lowest BCUT2D eigenvalue weighted by Crippen LogP contribution is -2.58. The van der Waals surface area contributed by atoms with E-state index in [4.69, 9.17) is 8.92 Å². The number of benzene rings is 1. The fourth-order valence-electron chi connectivity index (χ4n) is 3.41. The van der Waals surface area contributed by atoms with Crippen molar-refractivity contribution in [3.63, 3.8) is 0 Å². The minimum atomic E-state index is -4.24. The van der Waals surface area contributed by atoms with Gasteiger partial charge in [0.15, 0.2) is 0 Å². The number of esters is 1. The monoisotopic (exact) mass is 522 g/mol. The topological polar surface area (TPSA) is 169 Å². The molecular weight excluding hydrogens is 492 g/mol. The first-order chi connectivity index (χ1) is 16.8. The van der Waals surface area contributed by atoms with Crippen molar-refractivity contribution in [2.75, 3.05) is 18.9 Å². The van der Waals surface area contributed by atoms with E-state index in [2.05, 4.69) is 10.3 Å². The molecule has 12 heteroatoms. The van der Waals surface area contributed by atoms with Gasteiger partial charge >= 0.3 is 11.9 Å². The minimum Gasteiger partial charge on any atom is -0.479 e. The number of ether oxygens (including phenoxy) is 1. The van der Waals surface area contributed by atoms with Gasteiger partial charge in [-0.3, -0.25) is 14.0 Å². The maximum Gasteiger partial charge on any atom is 0.340 e. The molecular formula is C24H30N2O9S. The molecule has 1 aromatic heterocycles. The van der Waals surface area contributed by atoms with Crippen LogP contribution in [0.1, 0.15) is 49.2 Å². The molecule has 0 aliphatic heterocycles. The van der Waals surface area contributed by atoms with Crippen molar-refractivity contribution in [2.45, 2.75) is 38.9 Å². The second kappa shape index (κ2) is 12.1. The average Bonchev–Trinajstić information content (AvgIpc) is 2.84. The third-order valence-electron chi connectivity index (χ3n) is 5.67. The molecule has 2 aromatic rings. The number of carboxylic acids is 1. The quantitative estimate of drug-likeness (QED) is 0.200. The third-order valence-corrected chi connectivity index (χ3v) is 6.95. The minimum absolute atomic E-state index is 0.0423. The van der Waals surface area contributed by atoms with Crippen molar-refractivity contribution in [1.82, 2.24) is 10.3 Å². The maximum atomic E-state index is 12.8. The van der Waals surface area contributed by atoms with Crippen LogP contribution in [0.15, 0.2) is 54.9 Å². The fraction of sp³-hybridized carbons (Fsp3) is 0.417. The Hall–Kier alpha value is -3.35. The van der Waals surface area contributed by atoms with Gasteiger partial charge in [-0.2, -0.15) is 8.42 Å². The summed E-state index contributed by atoms with van der Waals surface area (Å²) in [6, 6.07) is 10.8. The average molecular weight is 523 g/mol. The third kappa shape index (κ3) is 7.33. The van der Waals surface area contributed by atoms with E-state index >= 15 is 0 Å². The summed E-state index contributed by atoms with van der Waals surface area (Å²) < 4.78 is 36.2. The van der Waals surface area contributed by atoms with Gasteiger partial charge < -0.3 is 20.3 Å². The molecule has 0 bridgehead atoms. The van der Waals surface area contributed by atoms with Crippen molar-refractivity contribution in [3.8, 4) is 0 Å². The lowest BCUT2D eigenvalue weighted by Gasteiger charge is -2.43. The molecule has 1 amide bonds. The molecule has 0 aliphatic carbocycles. The summed E-state index contributed by atoms with van der Waals surface area (Å²) >= 11 is 0. The standard InChI is InChI=1S/C24H30N2O9S/c1-17(27)26-13-8-14-36(32,33)35-20(18-9-5-4-6-10-18)23(2,3)24(31,22(29)30)16-34-21(28)19-11-7-12-25-15-19/h4-7,9-12,15,20,31H,8,13-14,16H2,1-3H3,(H,26,27)(H,29,30)/t20?,24-/m1/s1. The van der Waals surface area contributed by atoms with Crippen LogP contribution in [0.4, 0.5) is 0 Å². The van der Waals surface area contributed by atoms with E-state index in [0.29, 0.717) is 0 Å². The number of hydrogen-bond acceptors (Lipinski definition) is 9. The zero-order valence-electron chi connectivity index (χ0n) is 20.2. The summed E-state index contributed by atoms with van der Waals surface area (Å²) in [5.74, 6) is -3.43. The summed E-state index contributed by atoms with van der Waals surface area (Å²) in [6.45, 7) is 3.03. The van der Waals surface area contributed by atoms with E-state index in [1.165, 1.54) is 57.4 Å². The van der Waals surface area contributed by atoms with Crippen LogP contribution in [0, 0.1) is 5.41 Å². The van der Waals surface area contributed by atoms with Gasteiger partial charge in [0, 0.05) is 31.3 Å². The predicted molar refractivity (Wildman–Crippen MR) is 128 cm³/mol. The molecule has 1 heterocycles. The van der Waals surface area contributed by atoms with Crippen LogP contribution in [0.5, 0.6) is 0 Å². The smallest absolute Gasteiger partial charge is 0.340 e. The molecule has 36 heavy (non-hydrogen) atoms. The Labute approximate surface area is 209 Å². The molecule has 0 radical (unpaired) electrons. The van der Waals surface area contributed by atoms with E-state index in [9.17, 15) is 33.0 Å². The molecule has 1 aromatic carbocycles. The molecule has 1 unspecified atom stereocenters. The van der Waals surface area contributed by atoms with E-state index in [-0.39, 0.29) is 30.0 Å². The van der Waals surface area contributed by atoms with Crippen LogP contribution in [-0.4, -0.2) is 66.0 Å². The fourth-order valence-corrected chi connectivity index (χ4v) is 4.64. The lowest BCUT2D eigenvalue weighted by molar-refractivity contribution is -0.191. The number of aliphatic hydroxyl groups is 1. The normalized spacial score (nSPS) is 14.3. The van der Waals surface area contributed by atoms with Crippen molar-refractivity contribution in [1.29, 1.82) is 0 Å². The Balaban J connectivity index is 2.36. The molecule has 3 N–H and O–H groups in total. The van der Waals surface area contributed by atoms with E-state index in [1.54, 1.807) is 18.2 Å². The molecule has 0 saturated heterocycles. The van der Waals surface area contributed by atoms with Crippen molar-refractivity contribution < 1.29 is 41.9 Å². The number of rotatable bonds is 13. The molecule has 0 saturated carbocycles. The zero-order valence-corrected chi connectivity index (χ0v) is 21.0. The van der Waals surface area contributed by atoms with Gasteiger partial charge in [0.2, 0.25) is 11.5 Å². The van der Waals surface area contributed by atoms with E-state index in [1.807, 2.05) is 0 Å². The first kappa shape index (κ1) is 28.9. The predicted octanol–water partition coefficient (Wildman–Crippen LogP) is 1.69. The molecule has 0 spiro atoms. The van der Waals surface area contributed by atoms with Crippen molar-refractivity contribution in [2.24, 2.45) is 5.41 Å². The number of nitrogens with zero attached hydrogens (tertiary/aromatic N) is 1. The number of carboxylic acid groups (broad SMARTS) is 1. The van der Waals surface area contributed by atoms with Crippen LogP contribution >= 0.6 is 0 Å². The summed E-state index contributed by atoms with van der Waals surface area (Å²) in [5, 5.41) is 23.8. The summed E-state index contributed by atoms with van der Waals surface area (Å²) in [6.07, 6.45) is 1.24. The molecule has 11 nitrogen and oxygen atoms in total. The Morgan fingerprint density at radius 2 is 1.78 bits per heavy atom. The van der Waals surface area contributed by atoms with Crippen LogP contribution in [0.3, 0.4) is 0 Å². The Bertz CT molecular complexity index is 1150. The number of pyridine rings is 1. The number of nitrogens with one attached hydrogen (secondary N) is 1. The molecule has 2 atom stereocenters. The maximum absolute atomic E-state index is 12.8. The number of hydrogen-bond donors (Lipinski definition) is 3. The summed E-state index contributed by atoms with van der Waals surface area (Å²) in [4.78, 5) is 39.5. The second-order valence-electron chi connectivity index (χ2n) is 8.69. The highest BCUT2D eigenvalue weighted by molar-refractivity contribution is 7.86. The van der Waals surface area contributed by atoms with Crippen LogP contribution in [0.2, 0.25) is 0 Å². The van der Waals surface area contributed by atoms with Gasteiger partial charge in [0.05, 0.1) is 11.3 Å². The van der Waals surface area contributed by atoms with Crippen LogP contribution in [-0.2, 0) is 28.6 Å². The van der Waals surface area contributed by atoms with Crippen molar-refractivity contribution in [3.05, 3.63) is 66.0 Å². The van der Waals surface area contributed by atoms with E-state index in [0.717, 1.165) is 0 Å². The number of amides is 1. The molecule has 196 valence electrons. The lowest BCUT2D eigenvalue weighted by atomic mass is 9.69. The van der Waals surface area contributed by atoms with Gasteiger partial charge in [-0.25, -0.2) is 9.59 Å². The first-order valence-electron chi connectivity index (χ1n) is 11.0. The number of carbonyl (C=O) groups excluding carboxylic acids is 2. The summed E-state index contributed by atoms with van der Waals surface area (Å²) in [5.41, 5.74) is -4.26. The van der Waals surface area contributed by atoms with E-state index < -0.39 is 51.5 Å². The SMILES string of the molecule is CC(=O)NCCCS(=O)(=O)OC(c1ccccc1)C(C)(C)[C@@](O)(COC(=O)c1cccnc1)C(=O)O. The van der Waals surface area contributed by atoms with Gasteiger partial charge in [-0.15, -0.1) is 0 Å². The summed E-state index contributed by atoms with van der Waals surface area (Å²) in [7, 11) is -4.24. The first-order valence-corrected chi connectivity index (χ1v) is 12.6. The largest absolute Gasteiger partial charge is 0.479 e. The van der Waals surface area contributed by atoms with Gasteiger partial charge in [0.25, 0.3) is 10.1 Å². The zero-order chi connectivity index (χ0) is 27.0. The second-order valence-corrected chi connectivity index (χ2v) is 10.4. The number of aromatic nitrogens is 1. The Morgan fingerprint density at radius 3 is 2.33 bits per heavy atom. The van der Waals surface area contributed by atoms with Crippen molar-refractivity contribution >= 4 is 28.0 Å². The van der Waals surface area contributed by atoms with Gasteiger partial charge in [-0.1, -0.05) is 44.2 Å². The van der Waals surface area contributed by atoms with Crippen LogP contribution < -0.4 is 5.32 Å². The molecule has 0 aliphatic rings. The highest BCUT2D eigenvalue weighted by Crippen LogP contribution is 2.46. The number of aliphatic carboxylic acids is 1. The Kier molecular flexibility index (Phi) is 9.68. The highest BCUT2D eigenvalue weighted by Gasteiger charge is 2.57.